The number of aliphatic carboxylic acids is 1. The van der Waals surface area contributed by atoms with E-state index in [4.69, 9.17) is 25.1 Å². The quantitative estimate of drug-likeness (QED) is 0.0310. The Bertz CT molecular complexity index is 4300. The number of rotatable bonds is 17. The number of nitrogens with two attached hydrogens (primary N) is 1. The Morgan fingerprint density at radius 3 is 1.33 bits per heavy atom. The fourth-order valence-corrected chi connectivity index (χ4v) is 14.6. The van der Waals surface area contributed by atoms with Crippen LogP contribution in [0.3, 0.4) is 0 Å². The fourth-order valence-electron chi connectivity index (χ4n) is 14.6. The van der Waals surface area contributed by atoms with Gasteiger partial charge in [0.15, 0.2) is 34.7 Å². The highest BCUT2D eigenvalue weighted by molar-refractivity contribution is 6.38. The van der Waals surface area contributed by atoms with E-state index in [1.54, 1.807) is 14.0 Å². The number of likely N-dealkylation sites (N-methyl/N-ethyl adjacent to an activating group) is 1. The number of imide groups is 2. The summed E-state index contributed by atoms with van der Waals surface area (Å²) in [7, 11) is 3.06. The molecule has 6 aliphatic carbocycles. The maximum atomic E-state index is 13.7. The molecule has 14 atom stereocenters. The standard InChI is InChI=1S/C29H33NO10.C28H31NO10.C8H7NO4.C7H5NO5.ClH/c1-11-7-12(8-14(30-2)25(11)34)40-18-9-15(32)20(16(33)10-31)22-21(18)28(37)24-23(29(22)38)26(35)13-5-4-6-17(39-3)19(13)27(24)36;1-10-5-12(6-14(29)24(10)34)39-17-7-15(32)19(16(33)9-31)21-20(17)27(37)23-22(28(21)38)25(35)13-4-2-3-11(8-30)18(13)26(23)36;1-5(10)6(11)4-9-7(12)2-3-8(9)13;9-4(7(12)13)3-8-5(10)1-2-6(8)11;/h4-6,11-12,14-15,18,20,25,30-32,34,37-38H,7-10H2,1-3H3;2-4,10,12,14-15,17,19,24,30-32,34,37-38H,5-9,29H2,1H3;2-3H,4H2,1H3;1-2H,3H2,(H,12,13);1H. The number of nitrogens with one attached hydrogen (secondary N) is 1. The van der Waals surface area contributed by atoms with Gasteiger partial charge in [0.1, 0.15) is 42.0 Å². The monoisotopic (exact) mass is 1500 g/mol. The fraction of sp³-hybridized carbons (Fsp3) is 0.417. The van der Waals surface area contributed by atoms with Gasteiger partial charge < -0.3 is 86.5 Å². The van der Waals surface area contributed by atoms with E-state index in [2.05, 4.69) is 5.32 Å². The Kier molecular flexibility index (Phi) is 25.6. The Morgan fingerprint density at radius 2 is 0.925 bits per heavy atom. The minimum atomic E-state index is -1.66. The number of aromatic hydroxyl groups is 4. The molecule has 2 fully saturated rings. The molecule has 15 N–H and O–H groups in total. The van der Waals surface area contributed by atoms with Gasteiger partial charge in [-0.3, -0.25) is 72.1 Å². The van der Waals surface area contributed by atoms with Gasteiger partial charge in [0.2, 0.25) is 11.6 Å². The first-order valence-corrected chi connectivity index (χ1v) is 33.0. The number of aliphatic hydroxyl groups is 7. The zero-order valence-electron chi connectivity index (χ0n) is 57.3. The first-order chi connectivity index (χ1) is 49.6. The molecule has 33 nitrogen and oxygen atoms in total. The highest BCUT2D eigenvalue weighted by Crippen LogP contribution is 2.56. The molecule has 2 saturated carbocycles. The van der Waals surface area contributed by atoms with Gasteiger partial charge in [0.25, 0.3) is 29.4 Å². The van der Waals surface area contributed by atoms with Gasteiger partial charge in [-0.1, -0.05) is 44.2 Å². The molecule has 106 heavy (non-hydrogen) atoms. The van der Waals surface area contributed by atoms with Crippen LogP contribution in [0.25, 0.3) is 0 Å². The minimum absolute atomic E-state index is 0. The SMILES string of the molecule is CC(=O)C(=O)CN1C(=O)C=CC1=O.CC1CC(OC2CC(O)C(C(=O)CO)c3c(O)c4c(c(O)c32)C(=O)c2c(CO)cccc2C4=O)CC(N)C1O.CNC1CC(OC2CC(O)C(C(=O)CO)c3c(O)c4c(c(O)c32)C(=O)c2c(OC)cccc2C4=O)CC(C)C1O.Cl.O=C(O)C(=O)CN1C(=O)C=CC1=O. The largest absolute Gasteiger partial charge is 0.507 e. The van der Waals surface area contributed by atoms with Crippen molar-refractivity contribution < 1.29 is 143 Å². The van der Waals surface area contributed by atoms with Crippen molar-refractivity contribution in [3.63, 3.8) is 0 Å². The summed E-state index contributed by atoms with van der Waals surface area (Å²) in [5, 5.41) is 129. The van der Waals surface area contributed by atoms with Crippen LogP contribution >= 0.6 is 12.4 Å². The molecule has 0 bridgehead atoms. The number of carboxylic acids is 1. The third kappa shape index (κ3) is 15.4. The normalized spacial score (nSPS) is 25.9. The topological polar surface area (TPSA) is 554 Å². The van der Waals surface area contributed by atoms with Crippen LogP contribution in [-0.4, -0.2) is 242 Å². The van der Waals surface area contributed by atoms with Crippen LogP contribution in [0.1, 0.15) is 175 Å². The number of fused-ring (bicyclic) bond motifs is 6. The number of phenolic OH excluding ortho intramolecular Hbond substituents is 4. The van der Waals surface area contributed by atoms with Crippen LogP contribution in [-0.2, 0) is 64.0 Å². The van der Waals surface area contributed by atoms with Crippen molar-refractivity contribution in [3.05, 3.63) is 133 Å². The average Bonchev–Trinajstić information content (AvgIpc) is 0.719. The Balaban J connectivity index is 0.000000199. The highest BCUT2D eigenvalue weighted by Gasteiger charge is 2.51. The van der Waals surface area contributed by atoms with E-state index < -0.39 is 227 Å². The van der Waals surface area contributed by atoms with Crippen LogP contribution in [0.15, 0.2) is 60.7 Å². The molecule has 12 rings (SSSR count). The van der Waals surface area contributed by atoms with Gasteiger partial charge >= 0.3 is 5.97 Å². The molecular weight excluding hydrogens is 1420 g/mol. The number of carbonyl (C=O) groups excluding carboxylic acids is 13. The highest BCUT2D eigenvalue weighted by atomic mass is 35.5. The van der Waals surface area contributed by atoms with E-state index in [-0.39, 0.29) is 105 Å². The lowest BCUT2D eigenvalue weighted by Crippen LogP contribution is -2.49. The maximum Gasteiger partial charge on any atom is 0.374 e. The minimum Gasteiger partial charge on any atom is -0.507 e. The maximum absolute atomic E-state index is 13.7. The van der Waals surface area contributed by atoms with Crippen molar-refractivity contribution in [2.24, 2.45) is 17.6 Å². The Morgan fingerprint density at radius 1 is 0.528 bits per heavy atom. The van der Waals surface area contributed by atoms with E-state index in [9.17, 15) is 123 Å². The van der Waals surface area contributed by atoms with Gasteiger partial charge in [-0.2, -0.15) is 0 Å². The number of ketones is 9. The lowest BCUT2D eigenvalue weighted by atomic mass is 9.71. The number of benzene rings is 4. The van der Waals surface area contributed by atoms with E-state index in [1.165, 1.54) is 43.5 Å². The van der Waals surface area contributed by atoms with Crippen LogP contribution in [0.4, 0.5) is 0 Å². The lowest BCUT2D eigenvalue weighted by molar-refractivity contribution is -0.151. The predicted molar refractivity (Wildman–Crippen MR) is 362 cm³/mol. The molecule has 14 unspecified atom stereocenters. The molecule has 8 aliphatic rings. The molecular formula is C72H77ClN4O29. The summed E-state index contributed by atoms with van der Waals surface area (Å²) in [6.07, 6.45) is -2.17. The van der Waals surface area contributed by atoms with Crippen molar-refractivity contribution in [1.82, 2.24) is 15.1 Å². The molecule has 0 radical (unpaired) electrons. The molecule has 4 aromatic rings. The van der Waals surface area contributed by atoms with Gasteiger partial charge in [-0.25, -0.2) is 4.79 Å². The lowest BCUT2D eigenvalue weighted by Gasteiger charge is -2.42. The van der Waals surface area contributed by atoms with Gasteiger partial charge in [-0.15, -0.1) is 12.4 Å². The van der Waals surface area contributed by atoms with E-state index in [0.717, 1.165) is 36.1 Å². The van der Waals surface area contributed by atoms with Gasteiger partial charge in [0.05, 0.1) is 115 Å². The van der Waals surface area contributed by atoms with E-state index >= 15 is 0 Å². The molecule has 0 spiro atoms. The van der Waals surface area contributed by atoms with Crippen LogP contribution < -0.4 is 15.8 Å². The Hall–Kier alpha value is -10.0. The number of phenols is 4. The number of hydrogen-bond acceptors (Lipinski definition) is 30. The second-order valence-electron chi connectivity index (χ2n) is 26.4. The summed E-state index contributed by atoms with van der Waals surface area (Å²) in [5.74, 6) is -17.5. The second-order valence-corrected chi connectivity index (χ2v) is 26.4. The number of hydrogen-bond donors (Lipinski definition) is 14. The van der Waals surface area contributed by atoms with Gasteiger partial charge in [0, 0.05) is 95.1 Å². The first-order valence-electron chi connectivity index (χ1n) is 33.0. The molecule has 4 amide bonds. The number of methoxy groups -OCH3 is 1. The number of amides is 4. The predicted octanol–water partition coefficient (Wildman–Crippen LogP) is -0.528. The number of halogens is 1. The molecule has 566 valence electrons. The summed E-state index contributed by atoms with van der Waals surface area (Å²) < 4.78 is 17.9. The summed E-state index contributed by atoms with van der Waals surface area (Å²) in [4.78, 5) is 167. The number of carboxylic acid groups (broad SMARTS) is 1. The van der Waals surface area contributed by atoms with E-state index in [1.807, 2.05) is 6.92 Å². The number of nitrogens with zero attached hydrogens (tertiary/aromatic N) is 2. The number of Topliss-reactive ketones (excluding diaryl/α,β-unsaturated/α-hetero) is 5. The van der Waals surface area contributed by atoms with Gasteiger partial charge in [-0.05, 0) is 56.2 Å². The zero-order valence-corrected chi connectivity index (χ0v) is 58.1. The number of aliphatic hydroxyl groups excluding tert-OH is 7. The third-order valence-electron chi connectivity index (χ3n) is 19.9. The average molecular weight is 1500 g/mol. The van der Waals surface area contributed by atoms with Crippen LogP contribution in [0.2, 0.25) is 0 Å². The molecule has 4 aromatic carbocycles. The summed E-state index contributed by atoms with van der Waals surface area (Å²) in [6.45, 7) is 1.12. The zero-order chi connectivity index (χ0) is 77.4. The first kappa shape index (κ1) is 81.7. The van der Waals surface area contributed by atoms with Crippen molar-refractivity contribution in [1.29, 1.82) is 0 Å². The number of ether oxygens (including phenoxy) is 3. The smallest absolute Gasteiger partial charge is 0.374 e. The summed E-state index contributed by atoms with van der Waals surface area (Å²) >= 11 is 0. The third-order valence-corrected chi connectivity index (χ3v) is 19.9. The second kappa shape index (κ2) is 33.2. The van der Waals surface area contributed by atoms with Crippen molar-refractivity contribution in [3.8, 4) is 28.7 Å². The van der Waals surface area contributed by atoms with Crippen molar-refractivity contribution >= 4 is 94.1 Å². The molecule has 0 saturated heterocycles. The summed E-state index contributed by atoms with van der Waals surface area (Å²) in [6, 6.07) is 7.82. The molecule has 0 aromatic heterocycles. The van der Waals surface area contributed by atoms with Crippen molar-refractivity contribution in [2.45, 2.75) is 139 Å². The van der Waals surface area contributed by atoms with E-state index in [0.29, 0.717) is 24.2 Å². The molecule has 34 heteroatoms. The van der Waals surface area contributed by atoms with Crippen molar-refractivity contribution in [2.75, 3.05) is 40.5 Å². The van der Waals surface area contributed by atoms with Crippen LogP contribution in [0, 0.1) is 11.8 Å². The molecule has 2 heterocycles. The Labute approximate surface area is 607 Å². The molecule has 2 aliphatic heterocycles. The summed E-state index contributed by atoms with van der Waals surface area (Å²) in [5.41, 5.74) is 3.20. The van der Waals surface area contributed by atoms with Crippen LogP contribution in [0.5, 0.6) is 28.7 Å². The number of carbonyl (C=O) groups is 14.